The Bertz CT molecular complexity index is 1040. The van der Waals surface area contributed by atoms with Gasteiger partial charge in [0.2, 0.25) is 5.16 Å². The number of rotatable bonds is 8. The molecule has 0 radical (unpaired) electrons. The maximum Gasteiger partial charge on any atom is 0.209 e. The van der Waals surface area contributed by atoms with E-state index in [1.54, 1.807) is 45.0 Å². The second kappa shape index (κ2) is 8.84. The first-order chi connectivity index (χ1) is 13.8. The number of H-pyrrole nitrogens is 2. The molecule has 152 valence electrons. The Hall–Kier alpha value is -2.58. The number of hydrogen-bond donors (Lipinski definition) is 2. The summed E-state index contributed by atoms with van der Waals surface area (Å²) in [5, 5.41) is 7.62. The lowest BCUT2D eigenvalue weighted by molar-refractivity contribution is 0.0988. The molecule has 0 aliphatic carbocycles. The van der Waals surface area contributed by atoms with Gasteiger partial charge in [0.05, 0.1) is 10.9 Å². The molecule has 1 unspecified atom stereocenters. The number of halogens is 1. The third-order valence-electron chi connectivity index (χ3n) is 4.39. The quantitative estimate of drug-likeness (QED) is 0.400. The minimum absolute atomic E-state index is 0.0603. The largest absolute Gasteiger partial charge is 0.486 e. The van der Waals surface area contributed by atoms with Crippen molar-refractivity contribution in [3.05, 3.63) is 57.6 Å². The maximum atomic E-state index is 12.8. The van der Waals surface area contributed by atoms with Crippen LogP contribution in [0.4, 0.5) is 0 Å². The van der Waals surface area contributed by atoms with E-state index < -0.39 is 5.25 Å². The van der Waals surface area contributed by atoms with E-state index in [-0.39, 0.29) is 18.2 Å². The lowest BCUT2D eigenvalue weighted by Crippen LogP contribution is -2.15. The molecule has 2 N–H and O–H groups in total. The molecule has 0 amide bonds. The van der Waals surface area contributed by atoms with Crippen LogP contribution in [0, 0.1) is 13.8 Å². The topological polar surface area (TPSA) is 101 Å². The lowest BCUT2D eigenvalue weighted by atomic mass is 10.0. The number of nitrogens with one attached hydrogen (secondary N) is 2. The fourth-order valence-electron chi connectivity index (χ4n) is 3.02. The molecule has 1 atom stereocenters. The molecule has 2 aromatic heterocycles. The molecule has 3 rings (SSSR count). The molecule has 3 aromatic rings. The molecule has 9 heteroatoms. The standard InChI is InChI=1S/C20H21ClN4O3S/c1-10-17(12(3)26)11(2)22-18(10)19(27)13(4)29-20-23-16(24-25-20)9-28-15-7-5-14(21)6-8-15/h5-8,13,22H,9H2,1-4H3,(H,23,24,25). The summed E-state index contributed by atoms with van der Waals surface area (Å²) < 4.78 is 5.63. The molecule has 29 heavy (non-hydrogen) atoms. The van der Waals surface area contributed by atoms with Gasteiger partial charge >= 0.3 is 0 Å². The van der Waals surface area contributed by atoms with Crippen molar-refractivity contribution < 1.29 is 14.3 Å². The van der Waals surface area contributed by atoms with E-state index >= 15 is 0 Å². The predicted octanol–water partition coefficient (Wildman–Crippen LogP) is 4.55. The van der Waals surface area contributed by atoms with Crippen molar-refractivity contribution in [2.24, 2.45) is 0 Å². The van der Waals surface area contributed by atoms with E-state index in [1.807, 2.05) is 0 Å². The lowest BCUT2D eigenvalue weighted by Gasteiger charge is -2.07. The summed E-state index contributed by atoms with van der Waals surface area (Å²) in [6, 6.07) is 7.03. The Balaban J connectivity index is 1.63. The summed E-state index contributed by atoms with van der Waals surface area (Å²) in [5.41, 5.74) is 2.41. The average molecular weight is 433 g/mol. The highest BCUT2D eigenvalue weighted by Crippen LogP contribution is 2.26. The van der Waals surface area contributed by atoms with Gasteiger partial charge in [0.15, 0.2) is 17.4 Å². The molecule has 0 spiro atoms. The summed E-state index contributed by atoms with van der Waals surface area (Å²) in [6.07, 6.45) is 0. The van der Waals surface area contributed by atoms with Crippen LogP contribution in [0.2, 0.25) is 5.02 Å². The van der Waals surface area contributed by atoms with E-state index in [1.165, 1.54) is 18.7 Å². The van der Waals surface area contributed by atoms with E-state index in [2.05, 4.69) is 20.2 Å². The summed E-state index contributed by atoms with van der Waals surface area (Å²) >= 11 is 7.09. The Morgan fingerprint density at radius 1 is 1.24 bits per heavy atom. The van der Waals surface area contributed by atoms with E-state index in [9.17, 15) is 9.59 Å². The number of carbonyl (C=O) groups excluding carboxylic acids is 2. The minimum atomic E-state index is -0.424. The zero-order valence-corrected chi connectivity index (χ0v) is 18.1. The highest BCUT2D eigenvalue weighted by Gasteiger charge is 2.25. The van der Waals surface area contributed by atoms with Gasteiger partial charge in [-0.1, -0.05) is 23.4 Å². The van der Waals surface area contributed by atoms with Gasteiger partial charge in [-0.15, -0.1) is 5.10 Å². The number of aromatic nitrogens is 4. The van der Waals surface area contributed by atoms with Crippen LogP contribution in [0.25, 0.3) is 0 Å². The summed E-state index contributed by atoms with van der Waals surface area (Å²) in [6.45, 7) is 7.08. The van der Waals surface area contributed by atoms with Crippen LogP contribution in [0.15, 0.2) is 29.4 Å². The van der Waals surface area contributed by atoms with Crippen molar-refractivity contribution in [1.29, 1.82) is 0 Å². The van der Waals surface area contributed by atoms with Crippen molar-refractivity contribution in [3.8, 4) is 5.75 Å². The summed E-state index contributed by atoms with van der Waals surface area (Å²) in [7, 11) is 0. The molecular formula is C20H21ClN4O3S. The monoisotopic (exact) mass is 432 g/mol. The first kappa shape index (κ1) is 21.1. The minimum Gasteiger partial charge on any atom is -0.486 e. The SMILES string of the molecule is CC(=O)c1c(C)[nH]c(C(=O)C(C)Sc2n[nH]c(COc3ccc(Cl)cc3)n2)c1C. The predicted molar refractivity (Wildman–Crippen MR) is 112 cm³/mol. The number of ether oxygens (including phenoxy) is 1. The summed E-state index contributed by atoms with van der Waals surface area (Å²) in [4.78, 5) is 32.0. The molecule has 7 nitrogen and oxygen atoms in total. The van der Waals surface area contributed by atoms with Gasteiger partial charge in [-0.2, -0.15) is 0 Å². The number of hydrogen-bond acceptors (Lipinski definition) is 6. The van der Waals surface area contributed by atoms with E-state index in [4.69, 9.17) is 16.3 Å². The van der Waals surface area contributed by atoms with Gasteiger partial charge < -0.3 is 9.72 Å². The zero-order chi connectivity index (χ0) is 21.1. The summed E-state index contributed by atoms with van der Waals surface area (Å²) in [5.74, 6) is 1.05. The molecule has 0 aliphatic rings. The first-order valence-electron chi connectivity index (χ1n) is 8.97. The van der Waals surface area contributed by atoms with Gasteiger partial charge in [-0.25, -0.2) is 4.98 Å². The molecule has 0 saturated carbocycles. The second-order valence-corrected chi connectivity index (χ2v) is 8.36. The van der Waals surface area contributed by atoms with Crippen LogP contribution < -0.4 is 4.74 Å². The van der Waals surface area contributed by atoms with Crippen molar-refractivity contribution in [2.45, 2.75) is 44.7 Å². The molecule has 0 aliphatic heterocycles. The number of benzene rings is 1. The van der Waals surface area contributed by atoms with Gasteiger partial charge in [-0.05, 0) is 57.5 Å². The first-order valence-corrected chi connectivity index (χ1v) is 10.2. The number of aromatic amines is 2. The Kier molecular flexibility index (Phi) is 6.44. The molecular weight excluding hydrogens is 412 g/mol. The van der Waals surface area contributed by atoms with Crippen LogP contribution in [0.5, 0.6) is 5.75 Å². The van der Waals surface area contributed by atoms with Gasteiger partial charge in [0, 0.05) is 16.3 Å². The average Bonchev–Trinajstić information content (AvgIpc) is 3.24. The molecule has 1 aromatic carbocycles. The van der Waals surface area contributed by atoms with Gasteiger partial charge in [0.1, 0.15) is 12.4 Å². The van der Waals surface area contributed by atoms with Crippen LogP contribution in [-0.4, -0.2) is 37.0 Å². The molecule has 2 heterocycles. The molecule has 0 fully saturated rings. The number of thioether (sulfide) groups is 1. The van der Waals surface area contributed by atoms with E-state index in [0.29, 0.717) is 44.3 Å². The normalized spacial score (nSPS) is 12.0. The van der Waals surface area contributed by atoms with Crippen molar-refractivity contribution in [1.82, 2.24) is 20.2 Å². The zero-order valence-electron chi connectivity index (χ0n) is 16.5. The van der Waals surface area contributed by atoms with Crippen LogP contribution >= 0.6 is 23.4 Å². The highest BCUT2D eigenvalue weighted by molar-refractivity contribution is 8.00. The maximum absolute atomic E-state index is 12.8. The number of ketones is 2. The third-order valence-corrected chi connectivity index (χ3v) is 5.60. The van der Waals surface area contributed by atoms with Crippen molar-refractivity contribution >= 4 is 34.9 Å². The number of aryl methyl sites for hydroxylation is 1. The van der Waals surface area contributed by atoms with Crippen LogP contribution in [0.3, 0.4) is 0 Å². The molecule has 0 bridgehead atoms. The van der Waals surface area contributed by atoms with Gasteiger partial charge in [-0.3, -0.25) is 14.7 Å². The van der Waals surface area contributed by atoms with Crippen molar-refractivity contribution in [3.63, 3.8) is 0 Å². The number of Topliss-reactive ketones (excluding diaryl/α,β-unsaturated/α-hetero) is 2. The smallest absolute Gasteiger partial charge is 0.209 e. The Labute approximate surface area is 177 Å². The van der Waals surface area contributed by atoms with Gasteiger partial charge in [0.25, 0.3) is 0 Å². The second-order valence-electron chi connectivity index (χ2n) is 6.61. The third kappa shape index (κ3) is 4.89. The number of nitrogens with zero attached hydrogens (tertiary/aromatic N) is 2. The Morgan fingerprint density at radius 3 is 2.55 bits per heavy atom. The fraction of sp³-hybridized carbons (Fsp3) is 0.300. The van der Waals surface area contributed by atoms with Crippen LogP contribution in [0.1, 0.15) is 51.8 Å². The number of carbonyl (C=O) groups is 2. The van der Waals surface area contributed by atoms with E-state index in [0.717, 1.165) is 0 Å². The highest BCUT2D eigenvalue weighted by atomic mass is 35.5. The fourth-order valence-corrected chi connectivity index (χ4v) is 3.95. The van der Waals surface area contributed by atoms with Crippen molar-refractivity contribution in [2.75, 3.05) is 0 Å². The Morgan fingerprint density at radius 2 is 1.93 bits per heavy atom. The van der Waals surface area contributed by atoms with Crippen LogP contribution in [-0.2, 0) is 6.61 Å². The molecule has 0 saturated heterocycles.